The summed E-state index contributed by atoms with van der Waals surface area (Å²) in [5.74, 6) is 0.874. The number of thioether (sulfide) groups is 1. The summed E-state index contributed by atoms with van der Waals surface area (Å²) >= 11 is 3.32. The predicted octanol–water partition coefficient (Wildman–Crippen LogP) is 6.13. The van der Waals surface area contributed by atoms with E-state index >= 15 is 0 Å². The van der Waals surface area contributed by atoms with Gasteiger partial charge in [0.2, 0.25) is 0 Å². The van der Waals surface area contributed by atoms with Crippen LogP contribution in [-0.2, 0) is 6.54 Å². The molecule has 0 radical (unpaired) electrons. The van der Waals surface area contributed by atoms with Crippen LogP contribution < -0.4 is 4.90 Å². The van der Waals surface area contributed by atoms with Gasteiger partial charge in [0.25, 0.3) is 0 Å². The second kappa shape index (κ2) is 7.47. The van der Waals surface area contributed by atoms with Crippen molar-refractivity contribution in [2.45, 2.75) is 18.5 Å². The van der Waals surface area contributed by atoms with Crippen LogP contribution >= 0.6 is 23.1 Å². The van der Waals surface area contributed by atoms with Gasteiger partial charge in [0, 0.05) is 16.0 Å². The minimum absolute atomic E-state index is 0.571. The van der Waals surface area contributed by atoms with E-state index in [0.717, 1.165) is 32.6 Å². The van der Waals surface area contributed by atoms with Crippen LogP contribution in [0.5, 0.6) is 0 Å². The zero-order valence-electron chi connectivity index (χ0n) is 15.0. The summed E-state index contributed by atoms with van der Waals surface area (Å²) in [6.07, 6.45) is 2.04. The van der Waals surface area contributed by atoms with Gasteiger partial charge in [-0.15, -0.1) is 23.1 Å². The minimum Gasteiger partial charge on any atom is -0.459 e. The highest BCUT2D eigenvalue weighted by molar-refractivity contribution is 7.98. The average Bonchev–Trinajstić information content (AvgIpc) is 3.28. The van der Waals surface area contributed by atoms with E-state index in [1.54, 1.807) is 23.1 Å². The van der Waals surface area contributed by atoms with Gasteiger partial charge in [0.1, 0.15) is 16.4 Å². The van der Waals surface area contributed by atoms with Crippen molar-refractivity contribution in [1.82, 2.24) is 4.98 Å². The molecule has 0 fully saturated rings. The first-order valence-corrected chi connectivity index (χ1v) is 10.5. The Kier molecular flexibility index (Phi) is 4.88. The number of benzene rings is 2. The normalized spacial score (nSPS) is 10.9. The lowest BCUT2D eigenvalue weighted by molar-refractivity contribution is 0.549. The topological polar surface area (TPSA) is 53.1 Å². The Morgan fingerprint density at radius 3 is 2.63 bits per heavy atom. The lowest BCUT2D eigenvalue weighted by Gasteiger charge is -2.21. The lowest BCUT2D eigenvalue weighted by atomic mass is 10.2. The van der Waals surface area contributed by atoms with Gasteiger partial charge in [0.15, 0.2) is 5.13 Å². The molecule has 4 aromatic rings. The Balaban J connectivity index is 1.75. The highest BCUT2D eigenvalue weighted by atomic mass is 32.2. The van der Waals surface area contributed by atoms with Gasteiger partial charge >= 0.3 is 0 Å². The molecule has 0 aliphatic carbocycles. The molecular formula is C21H17N3OS2. The molecule has 4 nitrogen and oxygen atoms in total. The van der Waals surface area contributed by atoms with Crippen LogP contribution in [0.2, 0.25) is 0 Å². The third-order valence-corrected chi connectivity index (χ3v) is 6.17. The summed E-state index contributed by atoms with van der Waals surface area (Å²) in [7, 11) is 0. The molecule has 6 heteroatoms. The van der Waals surface area contributed by atoms with E-state index in [0.29, 0.717) is 12.1 Å². The Morgan fingerprint density at radius 2 is 1.96 bits per heavy atom. The molecule has 0 spiro atoms. The van der Waals surface area contributed by atoms with Crippen molar-refractivity contribution >= 4 is 44.9 Å². The number of aryl methyl sites for hydroxylation is 1. The van der Waals surface area contributed by atoms with Crippen LogP contribution in [0.4, 0.5) is 10.8 Å². The molecule has 2 aromatic heterocycles. The maximum Gasteiger partial charge on any atom is 0.191 e. The van der Waals surface area contributed by atoms with E-state index in [4.69, 9.17) is 14.7 Å². The third-order valence-electron chi connectivity index (χ3n) is 4.27. The van der Waals surface area contributed by atoms with Gasteiger partial charge in [-0.2, -0.15) is 5.26 Å². The summed E-state index contributed by atoms with van der Waals surface area (Å²) in [6, 6.07) is 19.8. The molecule has 27 heavy (non-hydrogen) atoms. The molecule has 2 aromatic carbocycles. The van der Waals surface area contributed by atoms with E-state index in [1.807, 2.05) is 54.8 Å². The number of hydrogen-bond acceptors (Lipinski definition) is 6. The van der Waals surface area contributed by atoms with Crippen LogP contribution in [-0.4, -0.2) is 11.2 Å². The van der Waals surface area contributed by atoms with Gasteiger partial charge in [-0.25, -0.2) is 4.98 Å². The number of aromatic nitrogens is 1. The molecule has 0 atom stereocenters. The number of fused-ring (bicyclic) bond motifs is 1. The fraction of sp³-hybridized carbons (Fsp3) is 0.143. The van der Waals surface area contributed by atoms with Gasteiger partial charge in [0.05, 0.1) is 18.2 Å². The van der Waals surface area contributed by atoms with Crippen LogP contribution in [0.3, 0.4) is 0 Å². The average molecular weight is 392 g/mol. The lowest BCUT2D eigenvalue weighted by Crippen LogP contribution is -2.15. The number of anilines is 2. The summed E-state index contributed by atoms with van der Waals surface area (Å²) in [5, 5.41) is 12.1. The molecule has 0 saturated heterocycles. The molecule has 0 saturated carbocycles. The largest absolute Gasteiger partial charge is 0.459 e. The second-order valence-corrected chi connectivity index (χ2v) is 8.03. The van der Waals surface area contributed by atoms with Crippen LogP contribution in [0.1, 0.15) is 16.2 Å². The number of rotatable bonds is 5. The highest BCUT2D eigenvalue weighted by Crippen LogP contribution is 2.36. The van der Waals surface area contributed by atoms with Crippen molar-refractivity contribution in [3.8, 4) is 6.07 Å². The zero-order valence-corrected chi connectivity index (χ0v) is 16.6. The number of thiazole rings is 1. The SMILES string of the molecule is CSc1nc(N(Cc2cc3ccccc3o2)c2ccc(C#N)cc2)sc1C. The van der Waals surface area contributed by atoms with Gasteiger partial charge in [-0.05, 0) is 49.6 Å². The standard InChI is InChI=1S/C21H17N3OS2/c1-14-20(26-2)23-21(27-14)24(17-9-7-15(12-22)8-10-17)13-18-11-16-5-3-4-6-19(16)25-18/h3-11H,13H2,1-2H3. The number of nitrogens with zero attached hydrogens (tertiary/aromatic N) is 3. The second-order valence-electron chi connectivity index (χ2n) is 6.06. The Labute approximate surface area is 166 Å². The Morgan fingerprint density at radius 1 is 1.19 bits per heavy atom. The minimum atomic E-state index is 0.571. The first kappa shape index (κ1) is 17.7. The van der Waals surface area contributed by atoms with Crippen LogP contribution in [0.15, 0.2) is 64.0 Å². The monoisotopic (exact) mass is 391 g/mol. The molecule has 0 aliphatic heterocycles. The molecule has 0 N–H and O–H groups in total. The first-order chi connectivity index (χ1) is 13.2. The van der Waals surface area contributed by atoms with E-state index in [2.05, 4.69) is 24.0 Å². The Hall–Kier alpha value is -2.75. The molecule has 0 bridgehead atoms. The fourth-order valence-electron chi connectivity index (χ4n) is 2.93. The zero-order chi connectivity index (χ0) is 18.8. The van der Waals surface area contributed by atoms with Crippen molar-refractivity contribution in [2.24, 2.45) is 0 Å². The van der Waals surface area contributed by atoms with Crippen molar-refractivity contribution in [3.05, 3.63) is 70.8 Å². The summed E-state index contributed by atoms with van der Waals surface area (Å²) in [6.45, 7) is 2.66. The van der Waals surface area contributed by atoms with E-state index in [9.17, 15) is 0 Å². The Bertz CT molecular complexity index is 1090. The number of para-hydroxylation sites is 1. The summed E-state index contributed by atoms with van der Waals surface area (Å²) < 4.78 is 6.03. The van der Waals surface area contributed by atoms with E-state index < -0.39 is 0 Å². The summed E-state index contributed by atoms with van der Waals surface area (Å²) in [5.41, 5.74) is 2.51. The summed E-state index contributed by atoms with van der Waals surface area (Å²) in [4.78, 5) is 8.13. The smallest absolute Gasteiger partial charge is 0.191 e. The maximum absolute atomic E-state index is 9.08. The maximum atomic E-state index is 9.08. The highest BCUT2D eigenvalue weighted by Gasteiger charge is 2.18. The molecular weight excluding hydrogens is 374 g/mol. The van der Waals surface area contributed by atoms with Gasteiger partial charge in [-0.1, -0.05) is 18.2 Å². The molecule has 2 heterocycles. The van der Waals surface area contributed by atoms with Gasteiger partial charge in [-0.3, -0.25) is 0 Å². The van der Waals surface area contributed by atoms with Crippen molar-refractivity contribution in [3.63, 3.8) is 0 Å². The van der Waals surface area contributed by atoms with Crippen molar-refractivity contribution < 1.29 is 4.42 Å². The third kappa shape index (κ3) is 3.57. The van der Waals surface area contributed by atoms with Crippen molar-refractivity contribution in [2.75, 3.05) is 11.2 Å². The molecule has 0 aliphatic rings. The van der Waals surface area contributed by atoms with Gasteiger partial charge < -0.3 is 9.32 Å². The first-order valence-electron chi connectivity index (χ1n) is 8.44. The predicted molar refractivity (Wildman–Crippen MR) is 112 cm³/mol. The number of furan rings is 1. The molecule has 0 unspecified atom stereocenters. The fourth-order valence-corrected chi connectivity index (χ4v) is 4.65. The molecule has 4 rings (SSSR count). The van der Waals surface area contributed by atoms with Crippen LogP contribution in [0.25, 0.3) is 11.0 Å². The number of hydrogen-bond donors (Lipinski definition) is 0. The number of nitriles is 1. The van der Waals surface area contributed by atoms with E-state index in [1.165, 1.54) is 4.88 Å². The van der Waals surface area contributed by atoms with Crippen molar-refractivity contribution in [1.29, 1.82) is 5.26 Å². The van der Waals surface area contributed by atoms with E-state index in [-0.39, 0.29) is 0 Å². The molecule has 0 amide bonds. The molecule has 134 valence electrons. The quantitative estimate of drug-likeness (QED) is 0.383. The van der Waals surface area contributed by atoms with Crippen LogP contribution in [0, 0.1) is 18.3 Å².